The van der Waals surface area contributed by atoms with Crippen molar-refractivity contribution in [2.45, 2.75) is 37.6 Å². The first-order valence-electron chi connectivity index (χ1n) is 10.6. The first kappa shape index (κ1) is 23.1. The third-order valence-corrected chi connectivity index (χ3v) is 7.37. The largest absolute Gasteiger partial charge is 0.497 e. The fourth-order valence-corrected chi connectivity index (χ4v) is 5.24. The van der Waals surface area contributed by atoms with E-state index in [0.717, 1.165) is 30.6 Å². The molecule has 2 aromatic carbocycles. The number of benzene rings is 2. The zero-order chi connectivity index (χ0) is 22.3. The summed E-state index contributed by atoms with van der Waals surface area (Å²) in [5, 5.41) is 3.11. The number of piperidine rings is 1. The van der Waals surface area contributed by atoms with Gasteiger partial charge in [0.05, 0.1) is 18.6 Å². The summed E-state index contributed by atoms with van der Waals surface area (Å²) in [6.45, 7) is 4.35. The lowest BCUT2D eigenvalue weighted by Crippen LogP contribution is -2.39. The number of hydrogen-bond acceptors (Lipinski definition) is 4. The van der Waals surface area contributed by atoms with Crippen molar-refractivity contribution in [1.29, 1.82) is 0 Å². The van der Waals surface area contributed by atoms with Crippen molar-refractivity contribution in [2.75, 3.05) is 26.7 Å². The maximum Gasteiger partial charge on any atom is 0.243 e. The number of methoxy groups -OCH3 is 1. The van der Waals surface area contributed by atoms with Crippen LogP contribution in [0.2, 0.25) is 0 Å². The molecule has 1 unspecified atom stereocenters. The number of aliphatic imine (C=N–C) groups is 1. The van der Waals surface area contributed by atoms with E-state index in [9.17, 15) is 8.42 Å². The molecule has 3 rings (SSSR count). The van der Waals surface area contributed by atoms with E-state index in [1.807, 2.05) is 24.3 Å². The smallest absolute Gasteiger partial charge is 0.243 e. The second kappa shape index (κ2) is 10.6. The summed E-state index contributed by atoms with van der Waals surface area (Å²) in [5.74, 6) is 1.60. The second-order valence-corrected chi connectivity index (χ2v) is 9.92. The highest BCUT2D eigenvalue weighted by atomic mass is 32.2. The molecule has 168 valence electrons. The molecule has 1 saturated heterocycles. The minimum absolute atomic E-state index is 0.333. The van der Waals surface area contributed by atoms with Gasteiger partial charge in [-0.25, -0.2) is 13.4 Å². The Kier molecular flexibility index (Phi) is 7.92. The van der Waals surface area contributed by atoms with E-state index in [1.165, 1.54) is 5.56 Å². The number of rotatable bonds is 8. The minimum Gasteiger partial charge on any atom is -0.497 e. The van der Waals surface area contributed by atoms with E-state index in [2.05, 4.69) is 17.2 Å². The van der Waals surface area contributed by atoms with Gasteiger partial charge in [-0.3, -0.25) is 0 Å². The van der Waals surface area contributed by atoms with Gasteiger partial charge in [0.25, 0.3) is 0 Å². The van der Waals surface area contributed by atoms with Gasteiger partial charge < -0.3 is 15.8 Å². The summed E-state index contributed by atoms with van der Waals surface area (Å²) in [4.78, 5) is 4.68. The maximum atomic E-state index is 12.8. The summed E-state index contributed by atoms with van der Waals surface area (Å²) < 4.78 is 32.4. The highest BCUT2D eigenvalue weighted by Crippen LogP contribution is 2.23. The van der Waals surface area contributed by atoms with Gasteiger partial charge in [-0.15, -0.1) is 0 Å². The molecule has 2 aromatic rings. The van der Waals surface area contributed by atoms with Crippen LogP contribution >= 0.6 is 0 Å². The van der Waals surface area contributed by atoms with Crippen LogP contribution in [-0.2, 0) is 23.0 Å². The number of nitrogens with two attached hydrogens (primary N) is 1. The Morgan fingerprint density at radius 1 is 1.16 bits per heavy atom. The Hall–Kier alpha value is -2.58. The van der Waals surface area contributed by atoms with Gasteiger partial charge in [0.1, 0.15) is 5.75 Å². The number of guanidine groups is 1. The first-order chi connectivity index (χ1) is 14.9. The van der Waals surface area contributed by atoms with E-state index in [4.69, 9.17) is 10.5 Å². The second-order valence-electron chi connectivity index (χ2n) is 7.98. The molecule has 3 N–H and O–H groups in total. The predicted octanol–water partition coefficient (Wildman–Crippen LogP) is 2.76. The molecule has 0 radical (unpaired) electrons. The molecule has 1 atom stereocenters. The predicted molar refractivity (Wildman–Crippen MR) is 124 cm³/mol. The fraction of sp³-hybridized carbons (Fsp3) is 0.435. The van der Waals surface area contributed by atoms with Crippen LogP contribution in [0.25, 0.3) is 0 Å². The van der Waals surface area contributed by atoms with Crippen molar-refractivity contribution in [1.82, 2.24) is 9.62 Å². The lowest BCUT2D eigenvalue weighted by atomic mass is 10.0. The molecule has 7 nitrogen and oxygen atoms in total. The van der Waals surface area contributed by atoms with Crippen LogP contribution in [0.5, 0.6) is 5.75 Å². The molecule has 0 saturated carbocycles. The summed E-state index contributed by atoms with van der Waals surface area (Å²) in [6.07, 6.45) is 2.82. The molecule has 1 aliphatic rings. The van der Waals surface area contributed by atoms with Crippen LogP contribution in [0, 0.1) is 5.92 Å². The van der Waals surface area contributed by atoms with Crippen LogP contribution in [-0.4, -0.2) is 45.4 Å². The Labute approximate surface area is 185 Å². The van der Waals surface area contributed by atoms with Crippen LogP contribution in [0.1, 0.15) is 30.9 Å². The number of nitrogens with one attached hydrogen (secondary N) is 1. The minimum atomic E-state index is -3.43. The van der Waals surface area contributed by atoms with Crippen molar-refractivity contribution < 1.29 is 13.2 Å². The highest BCUT2D eigenvalue weighted by Gasteiger charge is 2.28. The SMILES string of the molecule is COc1ccc(CCNC(N)=NCc2ccc(S(=O)(=O)N3CCCC(C)C3)cc2)cc1. The fourth-order valence-electron chi connectivity index (χ4n) is 3.64. The van der Waals surface area contributed by atoms with Crippen molar-refractivity contribution in [3.05, 3.63) is 59.7 Å². The third kappa shape index (κ3) is 6.45. The summed E-state index contributed by atoms with van der Waals surface area (Å²) >= 11 is 0. The van der Waals surface area contributed by atoms with Crippen LogP contribution in [0.4, 0.5) is 0 Å². The molecule has 31 heavy (non-hydrogen) atoms. The summed E-state index contributed by atoms with van der Waals surface area (Å²) in [5.41, 5.74) is 8.05. The molecule has 0 amide bonds. The zero-order valence-corrected chi connectivity index (χ0v) is 19.1. The van der Waals surface area contributed by atoms with E-state index < -0.39 is 10.0 Å². The van der Waals surface area contributed by atoms with Crippen molar-refractivity contribution in [3.8, 4) is 5.75 Å². The highest BCUT2D eigenvalue weighted by molar-refractivity contribution is 7.89. The molecule has 0 aliphatic carbocycles. The summed E-state index contributed by atoms with van der Waals surface area (Å²) in [7, 11) is -1.79. The Morgan fingerprint density at radius 3 is 2.48 bits per heavy atom. The molecular formula is C23H32N4O3S. The van der Waals surface area contributed by atoms with Gasteiger partial charge in [0, 0.05) is 19.6 Å². The first-order valence-corrected chi connectivity index (χ1v) is 12.1. The van der Waals surface area contributed by atoms with Gasteiger partial charge >= 0.3 is 0 Å². The number of ether oxygens (including phenoxy) is 1. The maximum absolute atomic E-state index is 12.8. The number of nitrogens with zero attached hydrogens (tertiary/aromatic N) is 2. The van der Waals surface area contributed by atoms with Crippen LogP contribution in [0.15, 0.2) is 58.4 Å². The monoisotopic (exact) mass is 444 g/mol. The molecule has 8 heteroatoms. The molecule has 0 aromatic heterocycles. The Balaban J connectivity index is 1.50. The van der Waals surface area contributed by atoms with Crippen molar-refractivity contribution in [3.63, 3.8) is 0 Å². The molecule has 1 fully saturated rings. The number of sulfonamides is 1. The van der Waals surface area contributed by atoms with E-state index in [0.29, 0.717) is 43.0 Å². The zero-order valence-electron chi connectivity index (χ0n) is 18.3. The van der Waals surface area contributed by atoms with Crippen molar-refractivity contribution >= 4 is 16.0 Å². The lowest BCUT2D eigenvalue weighted by Gasteiger charge is -2.30. The third-order valence-electron chi connectivity index (χ3n) is 5.49. The van der Waals surface area contributed by atoms with Crippen LogP contribution < -0.4 is 15.8 Å². The quantitative estimate of drug-likeness (QED) is 0.482. The lowest BCUT2D eigenvalue weighted by molar-refractivity contribution is 0.281. The average molecular weight is 445 g/mol. The van der Waals surface area contributed by atoms with Crippen molar-refractivity contribution in [2.24, 2.45) is 16.6 Å². The van der Waals surface area contributed by atoms with Gasteiger partial charge in [0.15, 0.2) is 5.96 Å². The average Bonchev–Trinajstić information content (AvgIpc) is 2.78. The van der Waals surface area contributed by atoms with E-state index in [-0.39, 0.29) is 0 Å². The standard InChI is InChI=1S/C23H32N4O3S/c1-18-4-3-15-27(17-18)31(28,29)22-11-7-20(8-12-22)16-26-23(24)25-14-13-19-5-9-21(30-2)10-6-19/h5-12,18H,3-4,13-17H2,1-2H3,(H3,24,25,26). The molecule has 0 spiro atoms. The van der Waals surface area contributed by atoms with E-state index in [1.54, 1.807) is 35.7 Å². The number of hydrogen-bond donors (Lipinski definition) is 2. The van der Waals surface area contributed by atoms with Gasteiger partial charge in [0.2, 0.25) is 10.0 Å². The molecule has 1 heterocycles. The Morgan fingerprint density at radius 2 is 1.84 bits per heavy atom. The van der Waals surface area contributed by atoms with Crippen LogP contribution in [0.3, 0.4) is 0 Å². The molecular weight excluding hydrogens is 412 g/mol. The Bertz CT molecular complexity index is 973. The normalized spacial score (nSPS) is 18.0. The molecule has 1 aliphatic heterocycles. The van der Waals surface area contributed by atoms with Gasteiger partial charge in [-0.05, 0) is 60.6 Å². The topological polar surface area (TPSA) is 97.0 Å². The summed E-state index contributed by atoms with van der Waals surface area (Å²) in [6, 6.07) is 14.8. The van der Waals surface area contributed by atoms with Gasteiger partial charge in [-0.1, -0.05) is 31.2 Å². The van der Waals surface area contributed by atoms with E-state index >= 15 is 0 Å². The van der Waals surface area contributed by atoms with Gasteiger partial charge in [-0.2, -0.15) is 4.31 Å². The molecule has 0 bridgehead atoms.